The summed E-state index contributed by atoms with van der Waals surface area (Å²) in [5, 5.41) is 8.32. The van der Waals surface area contributed by atoms with E-state index in [4.69, 9.17) is 56.8 Å². The molecule has 2 saturated heterocycles. The molecule has 0 spiro atoms. The highest BCUT2D eigenvalue weighted by Crippen LogP contribution is 2.75. The van der Waals surface area contributed by atoms with Crippen molar-refractivity contribution in [1.82, 2.24) is 16.0 Å². The van der Waals surface area contributed by atoms with Gasteiger partial charge in [0.2, 0.25) is 5.91 Å². The average Bonchev–Trinajstić information content (AvgIpc) is 0.673. The van der Waals surface area contributed by atoms with E-state index in [9.17, 15) is 47.9 Å². The topological polar surface area (TPSA) is 352 Å². The molecule has 22 atom stereocenters. The van der Waals surface area contributed by atoms with Crippen LogP contribution >= 0.6 is 0 Å². The van der Waals surface area contributed by atoms with E-state index in [1.807, 2.05) is 40.7 Å². The van der Waals surface area contributed by atoms with Crippen LogP contribution in [-0.2, 0) is 114 Å². The Hall–Kier alpha value is -6.58. The van der Waals surface area contributed by atoms with Crippen LogP contribution in [0.1, 0.15) is 203 Å². The Morgan fingerprint density at radius 1 is 0.500 bits per heavy atom. The molecule has 7 rings (SSSR count). The van der Waals surface area contributed by atoms with Gasteiger partial charge in [0.1, 0.15) is 18.1 Å². The van der Waals surface area contributed by atoms with Gasteiger partial charge in [0, 0.05) is 46.0 Å². The van der Waals surface area contributed by atoms with Crippen LogP contribution in [-0.4, -0.2) is 177 Å². The van der Waals surface area contributed by atoms with Crippen molar-refractivity contribution in [1.29, 1.82) is 0 Å². The number of esters is 8. The highest BCUT2D eigenvalue weighted by Gasteiger charge is 2.71. The number of ether oxygens (including phenoxy) is 12. The summed E-state index contributed by atoms with van der Waals surface area (Å²) in [6.07, 6.45) is -13.6. The Bertz CT molecular complexity index is 3150. The van der Waals surface area contributed by atoms with Crippen molar-refractivity contribution in [2.75, 3.05) is 19.8 Å². The summed E-state index contributed by atoms with van der Waals surface area (Å²) in [4.78, 5) is 167. The number of amides is 3. The van der Waals surface area contributed by atoms with E-state index in [0.717, 1.165) is 59.5 Å². The van der Waals surface area contributed by atoms with Crippen LogP contribution in [0.25, 0.3) is 0 Å². The Morgan fingerprint density at radius 2 is 0.910 bits per heavy atom. The first kappa shape index (κ1) is 80.7. The number of nitrogens with one attached hydrogen (secondary N) is 3. The fraction of sp³-hybridized carbons (Fsp3) is 0.808. The predicted octanol–water partition coefficient (Wildman–Crippen LogP) is 6.96. The third-order valence-corrected chi connectivity index (χ3v) is 23.2. The highest BCUT2D eigenvalue weighted by atomic mass is 16.8. The second-order valence-corrected chi connectivity index (χ2v) is 31.5. The molecular formula is C73H111N3O24. The molecule has 27 heteroatoms. The van der Waals surface area contributed by atoms with Gasteiger partial charge in [-0.2, -0.15) is 0 Å². The van der Waals surface area contributed by atoms with E-state index in [-0.39, 0.29) is 61.1 Å². The quantitative estimate of drug-likeness (QED) is 0.0499. The predicted molar refractivity (Wildman–Crippen MR) is 354 cm³/mol. The Morgan fingerprint density at radius 3 is 1.35 bits per heavy atom. The molecule has 6 fully saturated rings. The van der Waals surface area contributed by atoms with Gasteiger partial charge < -0.3 is 72.8 Å². The highest BCUT2D eigenvalue weighted by molar-refractivity contribution is 5.96. The molecule has 3 N–H and O–H groups in total. The number of fused-ring (bicyclic) bond motifs is 7. The van der Waals surface area contributed by atoms with Crippen molar-refractivity contribution in [3.05, 3.63) is 11.6 Å². The summed E-state index contributed by atoms with van der Waals surface area (Å²) in [5.41, 5.74) is -2.70. The minimum absolute atomic E-state index is 0.00730. The van der Waals surface area contributed by atoms with Gasteiger partial charge in [-0.3, -0.25) is 43.2 Å². The first-order valence-corrected chi connectivity index (χ1v) is 35.7. The maximum Gasteiger partial charge on any atom is 0.328 e. The molecule has 5 aliphatic carbocycles. The number of ketones is 1. The van der Waals surface area contributed by atoms with Gasteiger partial charge in [-0.15, -0.1) is 0 Å². The number of hydrogen-bond donors (Lipinski definition) is 3. The van der Waals surface area contributed by atoms with Gasteiger partial charge in [0.25, 0.3) is 11.8 Å². The van der Waals surface area contributed by atoms with E-state index in [0.29, 0.717) is 32.1 Å². The summed E-state index contributed by atoms with van der Waals surface area (Å²) in [5.74, 6) is -12.0. The average molecular weight is 1410 g/mol. The molecule has 7 aliphatic rings. The summed E-state index contributed by atoms with van der Waals surface area (Å²) < 4.78 is 72.6. The van der Waals surface area contributed by atoms with E-state index < -0.39 is 190 Å². The SMILES string of the molecule is CCOC(=O)C(NC(=O)C1OC(OC2C(OC3CCC4(C)C(CCC5(C)C4C(=O)C=C4C6CC(C)(C(=O)NC(C(=O)OCC)C(C)C)CCC6(C)CCC45C)C3(C)C)OC(C(=O)NC(C(=O)OCC)C(C)C)C(OC(C)=O)C2OC(C)=O)C(OC(C)=O)C(OC(C)=O)C1OC(C)=O)C(C)C. The number of hydrogen-bond acceptors (Lipinski definition) is 24. The van der Waals surface area contributed by atoms with E-state index in [2.05, 4.69) is 43.6 Å². The van der Waals surface area contributed by atoms with Crippen LogP contribution in [0.15, 0.2) is 11.6 Å². The van der Waals surface area contributed by atoms with Crippen LogP contribution in [0, 0.1) is 68.0 Å². The molecular weight excluding hydrogens is 1300 g/mol. The molecule has 22 unspecified atom stereocenters. The third-order valence-electron chi connectivity index (χ3n) is 23.2. The number of carbonyl (C=O) groups excluding carboxylic acids is 12. The van der Waals surface area contributed by atoms with Crippen LogP contribution in [0.5, 0.6) is 0 Å². The Kier molecular flexibility index (Phi) is 25.5. The van der Waals surface area contributed by atoms with E-state index in [1.165, 1.54) is 0 Å². The van der Waals surface area contributed by atoms with Crippen molar-refractivity contribution >= 4 is 71.3 Å². The summed E-state index contributed by atoms with van der Waals surface area (Å²) >= 11 is 0. The lowest BCUT2D eigenvalue weighted by Crippen LogP contribution is -2.70. The molecule has 2 heterocycles. The zero-order chi connectivity index (χ0) is 74.9. The number of carbonyl (C=O) groups is 12. The fourth-order valence-electron chi connectivity index (χ4n) is 17.9. The maximum atomic E-state index is 15.8. The molecule has 0 radical (unpaired) electrons. The monoisotopic (exact) mass is 1410 g/mol. The van der Waals surface area contributed by atoms with Gasteiger partial charge in [0.05, 0.1) is 25.9 Å². The smallest absolute Gasteiger partial charge is 0.328 e. The summed E-state index contributed by atoms with van der Waals surface area (Å²) in [7, 11) is 0. The van der Waals surface area contributed by atoms with Gasteiger partial charge >= 0.3 is 47.8 Å². The first-order valence-electron chi connectivity index (χ1n) is 35.7. The third kappa shape index (κ3) is 16.3. The zero-order valence-corrected chi connectivity index (χ0v) is 62.4. The van der Waals surface area contributed by atoms with E-state index in [1.54, 1.807) is 48.5 Å². The normalized spacial score (nSPS) is 36.0. The van der Waals surface area contributed by atoms with Crippen molar-refractivity contribution in [3.63, 3.8) is 0 Å². The molecule has 2 aliphatic heterocycles. The molecule has 27 nitrogen and oxygen atoms in total. The van der Waals surface area contributed by atoms with Crippen molar-refractivity contribution in [3.8, 4) is 0 Å². The van der Waals surface area contributed by atoms with Crippen LogP contribution in [0.3, 0.4) is 0 Å². The van der Waals surface area contributed by atoms with Crippen LogP contribution in [0.2, 0.25) is 0 Å². The van der Waals surface area contributed by atoms with Gasteiger partial charge in [-0.25, -0.2) is 14.4 Å². The Labute approximate surface area is 587 Å². The molecule has 0 bridgehead atoms. The largest absolute Gasteiger partial charge is 0.464 e. The lowest BCUT2D eigenvalue weighted by molar-refractivity contribution is -0.370. The number of allylic oxidation sites excluding steroid dienone is 2. The minimum atomic E-state index is -2.17. The fourth-order valence-corrected chi connectivity index (χ4v) is 17.9. The molecule has 0 aromatic carbocycles. The van der Waals surface area contributed by atoms with E-state index >= 15 is 9.59 Å². The molecule has 562 valence electrons. The lowest BCUT2D eigenvalue weighted by atomic mass is 9.33. The molecule has 100 heavy (non-hydrogen) atoms. The first-order chi connectivity index (χ1) is 46.5. The summed E-state index contributed by atoms with van der Waals surface area (Å²) in [6, 6.07) is -3.48. The molecule has 0 aromatic rings. The van der Waals surface area contributed by atoms with Crippen LogP contribution in [0.4, 0.5) is 0 Å². The number of rotatable bonds is 24. The van der Waals surface area contributed by atoms with Crippen molar-refractivity contribution < 1.29 is 114 Å². The minimum Gasteiger partial charge on any atom is -0.464 e. The molecule has 0 aromatic heterocycles. The standard InChI is InChI=1S/C73H111N3O24/c1-22-89-62(85)48(35(4)5)74-60(83)55-52(93-39(11)78)54(95-41(13)80)58(100-66-57(96-42(14)81)53(94-40(12)79)51(92-38(10)77)56(99-66)61(84)75-49(36(6)7)63(86)90-23-2)65(98-55)97-47-26-27-71(19)46(68(47,15)16)25-28-73(21)59(71)45(82)33-43-44-34-70(18,30-29-69(44,17)31-32-72(43,73)20)67(88)76-50(37(8)9)64(87)91-24-3/h33,35-37,44,46-59,65-66H,22-32,34H2,1-21H3,(H,74,83)(H,75,84)(H,76,88). The zero-order valence-electron chi connectivity index (χ0n) is 62.4. The summed E-state index contributed by atoms with van der Waals surface area (Å²) in [6.45, 7) is 35.2. The maximum absolute atomic E-state index is 15.8. The lowest BCUT2D eigenvalue weighted by Gasteiger charge is -2.70. The van der Waals surface area contributed by atoms with Gasteiger partial charge in [0.15, 0.2) is 67.2 Å². The van der Waals surface area contributed by atoms with Crippen molar-refractivity contribution in [2.24, 2.45) is 68.0 Å². The van der Waals surface area contributed by atoms with Gasteiger partial charge in [-0.05, 0) is 141 Å². The molecule has 4 saturated carbocycles. The second kappa shape index (κ2) is 31.6. The molecule has 3 amide bonds. The van der Waals surface area contributed by atoms with Crippen molar-refractivity contribution in [2.45, 2.75) is 289 Å². The van der Waals surface area contributed by atoms with Crippen LogP contribution < -0.4 is 16.0 Å². The van der Waals surface area contributed by atoms with Gasteiger partial charge in [-0.1, -0.05) is 95.6 Å². The second-order valence-electron chi connectivity index (χ2n) is 31.5. The Balaban J connectivity index is 1.33.